The van der Waals surface area contributed by atoms with E-state index in [0.717, 1.165) is 25.9 Å². The Bertz CT molecular complexity index is 572. The van der Waals surface area contributed by atoms with E-state index in [2.05, 4.69) is 9.97 Å². The van der Waals surface area contributed by atoms with Crippen LogP contribution in [0.2, 0.25) is 0 Å². The third-order valence-electron chi connectivity index (χ3n) is 4.83. The number of aromatic nitrogens is 2. The number of hydrogen-bond acceptors (Lipinski definition) is 5. The van der Waals surface area contributed by atoms with Crippen molar-refractivity contribution >= 4 is 11.8 Å². The molecule has 2 aliphatic heterocycles. The summed E-state index contributed by atoms with van der Waals surface area (Å²) in [6, 6.07) is 1.70. The molecule has 2 aliphatic rings. The van der Waals surface area contributed by atoms with Gasteiger partial charge in [-0.3, -0.25) is 9.59 Å². The van der Waals surface area contributed by atoms with E-state index in [1.54, 1.807) is 25.6 Å². The van der Waals surface area contributed by atoms with Crippen molar-refractivity contribution in [3.8, 4) is 0 Å². The normalized spacial score (nSPS) is 22.2. The Labute approximate surface area is 142 Å². The van der Waals surface area contributed by atoms with Crippen LogP contribution in [0.15, 0.2) is 18.5 Å². The number of nitrogens with zero attached hydrogens (tertiary/aromatic N) is 4. The first-order valence-electron chi connectivity index (χ1n) is 8.50. The molecule has 0 aliphatic carbocycles. The van der Waals surface area contributed by atoms with Gasteiger partial charge in [-0.25, -0.2) is 9.97 Å². The second-order valence-electron chi connectivity index (χ2n) is 6.63. The maximum absolute atomic E-state index is 12.3. The molecule has 7 nitrogen and oxygen atoms in total. The fraction of sp³-hybridized carbons (Fsp3) is 0.647. The van der Waals surface area contributed by atoms with Gasteiger partial charge in [0.05, 0.1) is 6.61 Å². The van der Waals surface area contributed by atoms with Gasteiger partial charge in [-0.15, -0.1) is 0 Å². The predicted molar refractivity (Wildman–Crippen MR) is 87.2 cm³/mol. The number of amides is 2. The molecule has 2 fully saturated rings. The molecule has 1 atom stereocenters. The van der Waals surface area contributed by atoms with Crippen molar-refractivity contribution in [2.75, 3.05) is 39.9 Å². The molecule has 3 rings (SSSR count). The van der Waals surface area contributed by atoms with Crippen molar-refractivity contribution in [2.24, 2.45) is 11.8 Å². The van der Waals surface area contributed by atoms with Crippen LogP contribution in [0.1, 0.15) is 29.9 Å². The van der Waals surface area contributed by atoms with Gasteiger partial charge in [0.2, 0.25) is 11.7 Å². The highest BCUT2D eigenvalue weighted by Gasteiger charge is 2.32. The van der Waals surface area contributed by atoms with Gasteiger partial charge >= 0.3 is 0 Å². The number of likely N-dealkylation sites (tertiary alicyclic amines) is 2. The van der Waals surface area contributed by atoms with Gasteiger partial charge in [0.1, 0.15) is 0 Å². The number of rotatable bonds is 5. The number of carbonyl (C=O) groups excluding carboxylic acids is 2. The molecule has 2 amide bonds. The van der Waals surface area contributed by atoms with Crippen LogP contribution in [-0.4, -0.2) is 71.5 Å². The number of hydrogen-bond donors (Lipinski definition) is 0. The standard InChI is InChI=1S/C17H24N4O3/c1-24-12-14-9-15(22)21(11-14)10-13-3-7-20(8-4-13)17(23)16-18-5-2-6-19-16/h2,5-6,13-14H,3-4,7-12H2,1H3. The highest BCUT2D eigenvalue weighted by Crippen LogP contribution is 2.24. The topological polar surface area (TPSA) is 75.6 Å². The van der Waals surface area contributed by atoms with E-state index in [1.165, 1.54) is 0 Å². The minimum absolute atomic E-state index is 0.105. The van der Waals surface area contributed by atoms with Crippen LogP contribution in [-0.2, 0) is 9.53 Å². The van der Waals surface area contributed by atoms with E-state index >= 15 is 0 Å². The third kappa shape index (κ3) is 3.90. The molecule has 1 aromatic heterocycles. The molecule has 130 valence electrons. The van der Waals surface area contributed by atoms with Gasteiger partial charge in [0, 0.05) is 58.0 Å². The van der Waals surface area contributed by atoms with Crippen LogP contribution in [0.4, 0.5) is 0 Å². The van der Waals surface area contributed by atoms with E-state index in [4.69, 9.17) is 4.74 Å². The first-order valence-corrected chi connectivity index (χ1v) is 8.50. The smallest absolute Gasteiger partial charge is 0.291 e. The Morgan fingerprint density at radius 3 is 2.62 bits per heavy atom. The van der Waals surface area contributed by atoms with Crippen LogP contribution in [0, 0.1) is 11.8 Å². The summed E-state index contributed by atoms with van der Waals surface area (Å²) in [5, 5.41) is 0. The number of piperidine rings is 1. The zero-order chi connectivity index (χ0) is 16.9. The highest BCUT2D eigenvalue weighted by molar-refractivity contribution is 5.90. The van der Waals surface area contributed by atoms with Crippen LogP contribution >= 0.6 is 0 Å². The molecule has 1 unspecified atom stereocenters. The Morgan fingerprint density at radius 1 is 1.25 bits per heavy atom. The molecule has 1 aromatic rings. The van der Waals surface area contributed by atoms with Gasteiger partial charge in [-0.1, -0.05) is 0 Å². The molecule has 2 saturated heterocycles. The highest BCUT2D eigenvalue weighted by atomic mass is 16.5. The van der Waals surface area contributed by atoms with Crippen LogP contribution in [0.3, 0.4) is 0 Å². The molecule has 0 bridgehead atoms. The molecule has 0 radical (unpaired) electrons. The average molecular weight is 332 g/mol. The van der Waals surface area contributed by atoms with Crippen molar-refractivity contribution in [3.63, 3.8) is 0 Å². The lowest BCUT2D eigenvalue weighted by atomic mass is 9.96. The fourth-order valence-corrected chi connectivity index (χ4v) is 3.56. The van der Waals surface area contributed by atoms with Gasteiger partial charge in [-0.05, 0) is 24.8 Å². The zero-order valence-electron chi connectivity index (χ0n) is 14.1. The summed E-state index contributed by atoms with van der Waals surface area (Å²) in [6.45, 7) is 3.63. The van der Waals surface area contributed by atoms with Crippen molar-refractivity contribution in [3.05, 3.63) is 24.3 Å². The van der Waals surface area contributed by atoms with E-state index < -0.39 is 0 Å². The Balaban J connectivity index is 1.47. The van der Waals surface area contributed by atoms with Gasteiger partial charge < -0.3 is 14.5 Å². The van der Waals surface area contributed by atoms with Crippen LogP contribution in [0.25, 0.3) is 0 Å². The second-order valence-corrected chi connectivity index (χ2v) is 6.63. The summed E-state index contributed by atoms with van der Waals surface area (Å²) in [5.74, 6) is 1.16. The van der Waals surface area contributed by atoms with Crippen molar-refractivity contribution < 1.29 is 14.3 Å². The summed E-state index contributed by atoms with van der Waals surface area (Å²) in [4.78, 5) is 36.2. The minimum atomic E-state index is -0.105. The quantitative estimate of drug-likeness (QED) is 0.798. The maximum atomic E-state index is 12.3. The summed E-state index contributed by atoms with van der Waals surface area (Å²) < 4.78 is 5.16. The number of carbonyl (C=O) groups is 2. The lowest BCUT2D eigenvalue weighted by Crippen LogP contribution is -2.42. The Morgan fingerprint density at radius 2 is 1.96 bits per heavy atom. The van der Waals surface area contributed by atoms with E-state index in [1.807, 2.05) is 9.80 Å². The molecule has 7 heteroatoms. The largest absolute Gasteiger partial charge is 0.384 e. The fourth-order valence-electron chi connectivity index (χ4n) is 3.56. The molecular formula is C17H24N4O3. The Kier molecular flexibility index (Phi) is 5.40. The minimum Gasteiger partial charge on any atom is -0.384 e. The molecule has 0 spiro atoms. The van der Waals surface area contributed by atoms with Gasteiger partial charge in [0.15, 0.2) is 0 Å². The van der Waals surface area contributed by atoms with E-state index in [9.17, 15) is 9.59 Å². The Hall–Kier alpha value is -2.02. The monoisotopic (exact) mass is 332 g/mol. The lowest BCUT2D eigenvalue weighted by Gasteiger charge is -2.33. The predicted octanol–water partition coefficient (Wildman–Crippen LogP) is 0.824. The van der Waals surface area contributed by atoms with Crippen molar-refractivity contribution in [1.82, 2.24) is 19.8 Å². The molecule has 24 heavy (non-hydrogen) atoms. The molecule has 0 N–H and O–H groups in total. The van der Waals surface area contributed by atoms with Crippen molar-refractivity contribution in [1.29, 1.82) is 0 Å². The molecule has 3 heterocycles. The molecule has 0 saturated carbocycles. The van der Waals surface area contributed by atoms with Gasteiger partial charge in [-0.2, -0.15) is 0 Å². The average Bonchev–Trinajstić information content (AvgIpc) is 2.95. The van der Waals surface area contributed by atoms with Crippen LogP contribution in [0.5, 0.6) is 0 Å². The van der Waals surface area contributed by atoms with Crippen LogP contribution < -0.4 is 0 Å². The lowest BCUT2D eigenvalue weighted by molar-refractivity contribution is -0.128. The third-order valence-corrected chi connectivity index (χ3v) is 4.83. The summed E-state index contributed by atoms with van der Waals surface area (Å²) in [7, 11) is 1.68. The summed E-state index contributed by atoms with van der Waals surface area (Å²) in [6.07, 6.45) is 5.59. The summed E-state index contributed by atoms with van der Waals surface area (Å²) in [5.41, 5.74) is 0. The second kappa shape index (κ2) is 7.70. The maximum Gasteiger partial charge on any atom is 0.291 e. The zero-order valence-corrected chi connectivity index (χ0v) is 14.1. The summed E-state index contributed by atoms with van der Waals surface area (Å²) >= 11 is 0. The van der Waals surface area contributed by atoms with Crippen molar-refractivity contribution in [2.45, 2.75) is 19.3 Å². The SMILES string of the molecule is COCC1CC(=O)N(CC2CCN(C(=O)c3ncccn3)CC2)C1. The van der Waals surface area contributed by atoms with Gasteiger partial charge in [0.25, 0.3) is 5.91 Å². The first-order chi connectivity index (χ1) is 11.7. The molecular weight excluding hydrogens is 308 g/mol. The molecule has 0 aromatic carbocycles. The first kappa shape index (κ1) is 16.8. The van der Waals surface area contributed by atoms with E-state index in [-0.39, 0.29) is 17.6 Å². The number of ether oxygens (including phenoxy) is 1. The van der Waals surface area contributed by atoms with E-state index in [0.29, 0.717) is 38.0 Å². The number of methoxy groups -OCH3 is 1.